The molecule has 0 aliphatic carbocycles. The Kier molecular flexibility index (Phi) is 4.23. The van der Waals surface area contributed by atoms with E-state index in [-0.39, 0.29) is 6.04 Å². The fourth-order valence-corrected chi connectivity index (χ4v) is 3.62. The van der Waals surface area contributed by atoms with Gasteiger partial charge >= 0.3 is 0 Å². The van der Waals surface area contributed by atoms with Gasteiger partial charge in [0.15, 0.2) is 0 Å². The zero-order valence-electron chi connectivity index (χ0n) is 12.6. The lowest BCUT2D eigenvalue weighted by Gasteiger charge is -2.19. The smallest absolute Gasteiger partial charge is 0.119 e. The first-order chi connectivity index (χ1) is 11.8. The van der Waals surface area contributed by atoms with Crippen LogP contribution in [-0.4, -0.2) is 15.0 Å². The van der Waals surface area contributed by atoms with Gasteiger partial charge in [-0.25, -0.2) is 4.98 Å². The Bertz CT molecular complexity index is 957. The molecule has 1 aromatic carbocycles. The van der Waals surface area contributed by atoms with Crippen LogP contribution < -0.4 is 5.32 Å². The highest BCUT2D eigenvalue weighted by Crippen LogP contribution is 2.30. The van der Waals surface area contributed by atoms with Crippen molar-refractivity contribution in [2.45, 2.75) is 6.04 Å². The lowest BCUT2D eigenvalue weighted by Crippen LogP contribution is -2.12. The number of nitrogens with zero attached hydrogens (tertiary/aromatic N) is 3. The average Bonchev–Trinajstić information content (AvgIpc) is 3.14. The first-order valence-electron chi connectivity index (χ1n) is 7.42. The molecule has 0 aliphatic rings. The molecule has 0 spiro atoms. The van der Waals surface area contributed by atoms with Crippen LogP contribution in [0, 0.1) is 0 Å². The van der Waals surface area contributed by atoms with Crippen LogP contribution in [0.1, 0.15) is 16.6 Å². The molecular weight excluding hydrogens is 384 g/mol. The number of hydrogen-bond donors (Lipinski definition) is 1. The number of aromatic nitrogens is 3. The Morgan fingerprint density at radius 1 is 1.00 bits per heavy atom. The van der Waals surface area contributed by atoms with E-state index in [1.807, 2.05) is 41.9 Å². The maximum absolute atomic E-state index is 4.52. The zero-order chi connectivity index (χ0) is 16.4. The fraction of sp³-hybridized carbons (Fsp3) is 0.0556. The summed E-state index contributed by atoms with van der Waals surface area (Å²) in [4.78, 5) is 13.4. The van der Waals surface area contributed by atoms with Gasteiger partial charge in [-0.2, -0.15) is 0 Å². The van der Waals surface area contributed by atoms with Crippen LogP contribution >= 0.6 is 27.3 Å². The normalized spacial score (nSPS) is 12.2. The van der Waals surface area contributed by atoms with Crippen molar-refractivity contribution in [3.63, 3.8) is 0 Å². The fourth-order valence-electron chi connectivity index (χ4n) is 2.59. The maximum Gasteiger partial charge on any atom is 0.119 e. The summed E-state index contributed by atoms with van der Waals surface area (Å²) in [7, 11) is 0. The molecule has 0 aliphatic heterocycles. The Labute approximate surface area is 151 Å². The highest BCUT2D eigenvalue weighted by atomic mass is 79.9. The number of thiazole rings is 1. The highest BCUT2D eigenvalue weighted by Gasteiger charge is 2.18. The van der Waals surface area contributed by atoms with Gasteiger partial charge in [-0.1, -0.05) is 30.3 Å². The van der Waals surface area contributed by atoms with E-state index in [9.17, 15) is 0 Å². The predicted octanol–water partition coefficient (Wildman–Crippen LogP) is 5.05. The molecule has 118 valence electrons. The number of halogens is 1. The number of pyridine rings is 2. The van der Waals surface area contributed by atoms with Crippen LogP contribution in [0.4, 0.5) is 5.69 Å². The van der Waals surface area contributed by atoms with Crippen molar-refractivity contribution in [1.82, 2.24) is 15.0 Å². The Balaban J connectivity index is 1.79. The molecule has 1 unspecified atom stereocenters. The van der Waals surface area contributed by atoms with E-state index in [2.05, 4.69) is 48.3 Å². The molecule has 3 aromatic heterocycles. The molecule has 3 heterocycles. The van der Waals surface area contributed by atoms with Crippen molar-refractivity contribution < 1.29 is 0 Å². The third-order valence-electron chi connectivity index (χ3n) is 3.68. The van der Waals surface area contributed by atoms with Crippen molar-refractivity contribution >= 4 is 44.0 Å². The first kappa shape index (κ1) is 15.2. The van der Waals surface area contributed by atoms with Crippen LogP contribution in [0.25, 0.3) is 11.0 Å². The van der Waals surface area contributed by atoms with Gasteiger partial charge in [0.2, 0.25) is 0 Å². The molecule has 4 aromatic rings. The largest absolute Gasteiger partial charge is 0.370 e. The van der Waals surface area contributed by atoms with Crippen LogP contribution in [0.3, 0.4) is 0 Å². The standard InChI is InChI=1S/C18H13BrN4S/c19-13-10-15-17(22-11-13)14(6-7-20-15)23-16(18-21-8-9-24-18)12-4-2-1-3-5-12/h1-11,16H,(H,20,23). The summed E-state index contributed by atoms with van der Waals surface area (Å²) in [5, 5.41) is 6.60. The number of anilines is 1. The van der Waals surface area contributed by atoms with Gasteiger partial charge in [0.05, 0.1) is 11.2 Å². The van der Waals surface area contributed by atoms with Crippen LogP contribution in [-0.2, 0) is 0 Å². The second kappa shape index (κ2) is 6.67. The quantitative estimate of drug-likeness (QED) is 0.524. The summed E-state index contributed by atoms with van der Waals surface area (Å²) in [6.07, 6.45) is 5.41. The van der Waals surface area contributed by atoms with Crippen molar-refractivity contribution in [3.8, 4) is 0 Å². The number of benzene rings is 1. The van der Waals surface area contributed by atoms with Crippen molar-refractivity contribution in [1.29, 1.82) is 0 Å². The Hall–Kier alpha value is -2.31. The third-order valence-corrected chi connectivity index (χ3v) is 4.95. The minimum absolute atomic E-state index is 0.0257. The van der Waals surface area contributed by atoms with E-state index in [1.165, 1.54) is 0 Å². The summed E-state index contributed by atoms with van der Waals surface area (Å²) in [5.74, 6) is 0. The third kappa shape index (κ3) is 3.02. The van der Waals surface area contributed by atoms with Gasteiger partial charge in [-0.3, -0.25) is 9.97 Å². The molecular formula is C18H13BrN4S. The highest BCUT2D eigenvalue weighted by molar-refractivity contribution is 9.10. The van der Waals surface area contributed by atoms with E-state index < -0.39 is 0 Å². The van der Waals surface area contributed by atoms with Crippen molar-refractivity contribution in [2.75, 3.05) is 5.32 Å². The Morgan fingerprint density at radius 3 is 2.67 bits per heavy atom. The minimum Gasteiger partial charge on any atom is -0.370 e. The average molecular weight is 397 g/mol. The summed E-state index contributed by atoms with van der Waals surface area (Å²) in [5.41, 5.74) is 3.80. The second-order valence-corrected chi connectivity index (χ2v) is 7.08. The van der Waals surface area contributed by atoms with Crippen LogP contribution in [0.15, 0.2) is 70.9 Å². The molecule has 0 radical (unpaired) electrons. The summed E-state index contributed by atoms with van der Waals surface area (Å²) in [6, 6.07) is 14.2. The monoisotopic (exact) mass is 396 g/mol. The molecule has 0 fully saturated rings. The molecule has 4 rings (SSSR count). The number of rotatable bonds is 4. The first-order valence-corrected chi connectivity index (χ1v) is 9.09. The molecule has 0 bridgehead atoms. The van der Waals surface area contributed by atoms with E-state index in [1.54, 1.807) is 23.7 Å². The zero-order valence-corrected chi connectivity index (χ0v) is 15.0. The summed E-state index contributed by atoms with van der Waals surface area (Å²) >= 11 is 5.08. The van der Waals surface area contributed by atoms with Crippen LogP contribution in [0.5, 0.6) is 0 Å². The summed E-state index contributed by atoms with van der Waals surface area (Å²) in [6.45, 7) is 0. The molecule has 1 N–H and O–H groups in total. The van der Waals surface area contributed by atoms with E-state index >= 15 is 0 Å². The summed E-state index contributed by atoms with van der Waals surface area (Å²) < 4.78 is 0.916. The molecule has 1 atom stereocenters. The van der Waals surface area contributed by atoms with Gasteiger partial charge < -0.3 is 5.32 Å². The molecule has 0 saturated carbocycles. The number of hydrogen-bond acceptors (Lipinski definition) is 5. The second-order valence-electron chi connectivity index (χ2n) is 5.24. The van der Waals surface area contributed by atoms with E-state index in [0.717, 1.165) is 31.8 Å². The molecule has 0 amide bonds. The SMILES string of the molecule is Brc1cnc2c(NC(c3ccccc3)c3nccs3)ccnc2c1. The van der Waals surface area contributed by atoms with E-state index in [0.29, 0.717) is 0 Å². The predicted molar refractivity (Wildman–Crippen MR) is 101 cm³/mol. The van der Waals surface area contributed by atoms with Gasteiger partial charge in [-0.15, -0.1) is 11.3 Å². The molecule has 6 heteroatoms. The van der Waals surface area contributed by atoms with Gasteiger partial charge in [0.25, 0.3) is 0 Å². The van der Waals surface area contributed by atoms with Gasteiger partial charge in [0.1, 0.15) is 16.6 Å². The lowest BCUT2D eigenvalue weighted by atomic mass is 10.1. The van der Waals surface area contributed by atoms with Crippen molar-refractivity contribution in [3.05, 3.63) is 81.5 Å². The Morgan fingerprint density at radius 2 is 1.88 bits per heavy atom. The van der Waals surface area contributed by atoms with E-state index in [4.69, 9.17) is 0 Å². The minimum atomic E-state index is -0.0257. The van der Waals surface area contributed by atoms with Gasteiger partial charge in [-0.05, 0) is 33.6 Å². The molecule has 24 heavy (non-hydrogen) atoms. The number of fused-ring (bicyclic) bond motifs is 1. The van der Waals surface area contributed by atoms with Crippen molar-refractivity contribution in [2.24, 2.45) is 0 Å². The maximum atomic E-state index is 4.52. The topological polar surface area (TPSA) is 50.7 Å². The number of nitrogens with one attached hydrogen (secondary N) is 1. The molecule has 4 nitrogen and oxygen atoms in total. The van der Waals surface area contributed by atoms with Crippen LogP contribution in [0.2, 0.25) is 0 Å². The van der Waals surface area contributed by atoms with Gasteiger partial charge in [0, 0.05) is 28.4 Å². The lowest BCUT2D eigenvalue weighted by molar-refractivity contribution is 0.922. The molecule has 0 saturated heterocycles.